The average Bonchev–Trinajstić information content (AvgIpc) is 2.77. The molecule has 2 atom stereocenters. The first-order chi connectivity index (χ1) is 9.53. The fourth-order valence-electron chi connectivity index (χ4n) is 3.76. The van der Waals surface area contributed by atoms with Crippen molar-refractivity contribution in [3.05, 3.63) is 52.9 Å². The number of hydrogen-bond donors (Lipinski definition) is 0. The lowest BCUT2D eigenvalue weighted by atomic mass is 9.64. The first kappa shape index (κ1) is 13.2. The molecule has 0 radical (unpaired) electrons. The van der Waals surface area contributed by atoms with E-state index in [0.29, 0.717) is 6.54 Å². The van der Waals surface area contributed by atoms with Crippen molar-refractivity contribution in [2.24, 2.45) is 11.3 Å². The molecule has 0 spiro atoms. The van der Waals surface area contributed by atoms with Gasteiger partial charge in [0.1, 0.15) is 5.76 Å². The van der Waals surface area contributed by atoms with Crippen molar-refractivity contribution in [2.45, 2.75) is 26.2 Å². The van der Waals surface area contributed by atoms with Crippen LogP contribution >= 0.6 is 0 Å². The van der Waals surface area contributed by atoms with Crippen molar-refractivity contribution in [1.82, 2.24) is 0 Å². The van der Waals surface area contributed by atoms with Crippen molar-refractivity contribution >= 4 is 5.71 Å². The third kappa shape index (κ3) is 2.01. The third-order valence-corrected chi connectivity index (χ3v) is 4.64. The zero-order valence-electron chi connectivity index (χ0n) is 12.3. The van der Waals surface area contributed by atoms with Crippen LogP contribution in [0.3, 0.4) is 0 Å². The van der Waals surface area contributed by atoms with Gasteiger partial charge in [-0.2, -0.15) is 0 Å². The predicted molar refractivity (Wildman–Crippen MR) is 79.7 cm³/mol. The molecule has 3 heteroatoms. The van der Waals surface area contributed by atoms with E-state index in [9.17, 15) is 5.21 Å². The Morgan fingerprint density at radius 1 is 1.25 bits per heavy atom. The number of nitrogens with zero attached hydrogens (tertiary/aromatic N) is 1. The molecule has 2 aliphatic rings. The number of fused-ring (bicyclic) bond motifs is 1. The Morgan fingerprint density at radius 3 is 2.60 bits per heavy atom. The minimum atomic E-state index is 0.0368. The van der Waals surface area contributed by atoms with E-state index < -0.39 is 0 Å². The Kier molecular flexibility index (Phi) is 3.08. The van der Waals surface area contributed by atoms with Gasteiger partial charge >= 0.3 is 0 Å². The molecule has 3 nitrogen and oxygen atoms in total. The summed E-state index contributed by atoms with van der Waals surface area (Å²) < 4.78 is 6.55. The quantitative estimate of drug-likeness (QED) is 0.611. The van der Waals surface area contributed by atoms with Crippen LogP contribution in [0.4, 0.5) is 0 Å². The Hall–Kier alpha value is -1.77. The lowest BCUT2D eigenvalue weighted by Crippen LogP contribution is -2.36. The van der Waals surface area contributed by atoms with Gasteiger partial charge in [0.05, 0.1) is 18.9 Å². The number of methoxy groups -OCH3 is 1. The smallest absolute Gasteiger partial charge is 0.195 e. The molecule has 1 aliphatic carbocycles. The van der Waals surface area contributed by atoms with E-state index in [-0.39, 0.29) is 17.3 Å². The topological polar surface area (TPSA) is 35.3 Å². The van der Waals surface area contributed by atoms with Gasteiger partial charge < -0.3 is 9.94 Å². The van der Waals surface area contributed by atoms with Gasteiger partial charge in [-0.05, 0) is 11.0 Å². The summed E-state index contributed by atoms with van der Waals surface area (Å²) in [4.78, 5) is 0. The number of hydroxylamine groups is 1. The van der Waals surface area contributed by atoms with E-state index in [1.807, 2.05) is 12.1 Å². The largest absolute Gasteiger partial charge is 0.624 e. The van der Waals surface area contributed by atoms with Crippen LogP contribution in [0, 0.1) is 16.5 Å². The molecule has 0 N–H and O–H groups in total. The molecule has 0 aromatic heterocycles. The molecule has 106 valence electrons. The van der Waals surface area contributed by atoms with Crippen molar-refractivity contribution in [2.75, 3.05) is 13.7 Å². The van der Waals surface area contributed by atoms with Gasteiger partial charge in [-0.25, -0.2) is 4.74 Å². The molecular weight excluding hydrogens is 250 g/mol. The van der Waals surface area contributed by atoms with Crippen LogP contribution in [0.15, 0.2) is 42.2 Å². The van der Waals surface area contributed by atoms with Crippen LogP contribution in [-0.4, -0.2) is 24.1 Å². The molecule has 1 aliphatic heterocycles. The molecule has 0 fully saturated rings. The van der Waals surface area contributed by atoms with Crippen LogP contribution < -0.4 is 0 Å². The zero-order chi connectivity index (χ0) is 14.3. The van der Waals surface area contributed by atoms with Crippen LogP contribution in [0.1, 0.15) is 31.7 Å². The highest BCUT2D eigenvalue weighted by Gasteiger charge is 2.51. The molecule has 1 aromatic carbocycles. The third-order valence-electron chi connectivity index (χ3n) is 4.64. The van der Waals surface area contributed by atoms with Gasteiger partial charge in [0.15, 0.2) is 12.3 Å². The summed E-state index contributed by atoms with van der Waals surface area (Å²) in [6, 6.07) is 10.4. The van der Waals surface area contributed by atoms with Gasteiger partial charge in [0, 0.05) is 12.5 Å². The summed E-state index contributed by atoms with van der Waals surface area (Å²) in [5.74, 6) is 1.45. The predicted octanol–water partition coefficient (Wildman–Crippen LogP) is 3.31. The van der Waals surface area contributed by atoms with Gasteiger partial charge in [0.25, 0.3) is 0 Å². The summed E-state index contributed by atoms with van der Waals surface area (Å²) in [5, 5.41) is 12.3. The SMILES string of the molecule is COC1=CC2=[N+]([O-])CC(c3ccccc3)C2C(C)(C)C1. The fourth-order valence-corrected chi connectivity index (χ4v) is 3.76. The lowest BCUT2D eigenvalue weighted by Gasteiger charge is -2.36. The second-order valence-corrected chi connectivity index (χ2v) is 6.46. The van der Waals surface area contributed by atoms with Gasteiger partial charge in [-0.3, -0.25) is 0 Å². The first-order valence-corrected chi connectivity index (χ1v) is 7.14. The summed E-state index contributed by atoms with van der Waals surface area (Å²) in [5.41, 5.74) is 2.18. The lowest BCUT2D eigenvalue weighted by molar-refractivity contribution is -0.450. The summed E-state index contributed by atoms with van der Waals surface area (Å²) in [6.45, 7) is 5.01. The highest BCUT2D eigenvalue weighted by atomic mass is 16.5. The van der Waals surface area contributed by atoms with E-state index in [1.165, 1.54) is 5.56 Å². The monoisotopic (exact) mass is 271 g/mol. The van der Waals surface area contributed by atoms with Crippen molar-refractivity contribution < 1.29 is 9.48 Å². The van der Waals surface area contributed by atoms with E-state index in [2.05, 4.69) is 38.1 Å². The maximum atomic E-state index is 12.3. The minimum Gasteiger partial charge on any atom is -0.624 e. The highest BCUT2D eigenvalue weighted by molar-refractivity contribution is 5.96. The van der Waals surface area contributed by atoms with Crippen LogP contribution in [0.2, 0.25) is 0 Å². The first-order valence-electron chi connectivity index (χ1n) is 7.14. The van der Waals surface area contributed by atoms with Crippen molar-refractivity contribution in [3.63, 3.8) is 0 Å². The second kappa shape index (κ2) is 4.65. The van der Waals surface area contributed by atoms with E-state index in [0.717, 1.165) is 22.6 Å². The number of hydrogen-bond acceptors (Lipinski definition) is 2. The molecule has 0 amide bonds. The standard InChI is InChI=1S/C17H21NO2/c1-17(2)10-13(20-3)9-15-16(17)14(11-18(15)19)12-7-5-4-6-8-12/h4-9,14,16H,10-11H2,1-3H3. The van der Waals surface area contributed by atoms with Crippen LogP contribution in [0.25, 0.3) is 0 Å². The summed E-state index contributed by atoms with van der Waals surface area (Å²) in [6.07, 6.45) is 2.83. The van der Waals surface area contributed by atoms with E-state index >= 15 is 0 Å². The van der Waals surface area contributed by atoms with Gasteiger partial charge in [-0.1, -0.05) is 44.2 Å². The fraction of sp³-hybridized carbons (Fsp3) is 0.471. The highest BCUT2D eigenvalue weighted by Crippen LogP contribution is 2.48. The molecule has 0 saturated heterocycles. The number of benzene rings is 1. The van der Waals surface area contributed by atoms with E-state index in [4.69, 9.17) is 4.74 Å². The molecule has 1 heterocycles. The average molecular weight is 271 g/mol. The minimum absolute atomic E-state index is 0.0368. The number of rotatable bonds is 2. The number of allylic oxidation sites excluding steroid dienone is 2. The maximum Gasteiger partial charge on any atom is 0.195 e. The zero-order valence-corrected chi connectivity index (χ0v) is 12.3. The van der Waals surface area contributed by atoms with Crippen LogP contribution in [0.5, 0.6) is 0 Å². The number of ether oxygens (including phenoxy) is 1. The van der Waals surface area contributed by atoms with Gasteiger partial charge in [0.2, 0.25) is 0 Å². The summed E-state index contributed by atoms with van der Waals surface area (Å²) >= 11 is 0. The Labute approximate surface area is 120 Å². The molecule has 20 heavy (non-hydrogen) atoms. The molecular formula is C17H21NO2. The normalized spacial score (nSPS) is 28.1. The van der Waals surface area contributed by atoms with E-state index in [1.54, 1.807) is 7.11 Å². The molecule has 2 unspecified atom stereocenters. The van der Waals surface area contributed by atoms with Crippen molar-refractivity contribution in [1.29, 1.82) is 0 Å². The Balaban J connectivity index is 2.04. The van der Waals surface area contributed by atoms with Crippen molar-refractivity contribution in [3.8, 4) is 0 Å². The molecule has 0 saturated carbocycles. The van der Waals surface area contributed by atoms with Gasteiger partial charge in [-0.15, -0.1) is 0 Å². The molecule has 0 bridgehead atoms. The summed E-state index contributed by atoms with van der Waals surface area (Å²) in [7, 11) is 1.68. The van der Waals surface area contributed by atoms with Crippen LogP contribution in [-0.2, 0) is 4.74 Å². The Morgan fingerprint density at radius 2 is 1.95 bits per heavy atom. The maximum absolute atomic E-state index is 12.3. The second-order valence-electron chi connectivity index (χ2n) is 6.46. The molecule has 1 aromatic rings. The Bertz CT molecular complexity index is 572. The molecule has 3 rings (SSSR count).